The van der Waals surface area contributed by atoms with Crippen LogP contribution in [0.5, 0.6) is 0 Å². The number of ether oxygens (including phenoxy) is 1. The van der Waals surface area contributed by atoms with Gasteiger partial charge in [-0.25, -0.2) is 0 Å². The monoisotopic (exact) mass is 254 g/mol. The Kier molecular flexibility index (Phi) is 5.05. The van der Waals surface area contributed by atoms with Gasteiger partial charge in [0, 0.05) is 20.2 Å². The highest BCUT2D eigenvalue weighted by Gasteiger charge is 2.32. The molecule has 3 heteroatoms. The molecule has 1 aliphatic carbocycles. The first kappa shape index (κ1) is 14.3. The van der Waals surface area contributed by atoms with E-state index in [9.17, 15) is 0 Å². The predicted octanol–water partition coefficient (Wildman–Crippen LogP) is 2.25. The maximum atomic E-state index is 5.76. The average molecular weight is 254 g/mol. The van der Waals surface area contributed by atoms with E-state index in [2.05, 4.69) is 11.8 Å². The number of hydrogen-bond acceptors (Lipinski definition) is 3. The van der Waals surface area contributed by atoms with Gasteiger partial charge in [-0.2, -0.15) is 0 Å². The first-order valence-electron chi connectivity index (χ1n) is 7.63. The number of nitrogens with zero attached hydrogens (tertiary/aromatic N) is 1. The minimum atomic E-state index is 0.0900. The van der Waals surface area contributed by atoms with Crippen molar-refractivity contribution in [2.45, 2.75) is 51.0 Å². The van der Waals surface area contributed by atoms with Gasteiger partial charge >= 0.3 is 0 Å². The lowest BCUT2D eigenvalue weighted by Crippen LogP contribution is -2.48. The van der Waals surface area contributed by atoms with Gasteiger partial charge < -0.3 is 15.4 Å². The standard InChI is InChI=1S/C15H30N2O/c1-15(18-2)8-3-9-17(12-15)11-14-6-4-13(10-16)5-7-14/h13-14H,3-12,16H2,1-2H3. The first-order chi connectivity index (χ1) is 8.65. The Morgan fingerprint density at radius 1 is 1.22 bits per heavy atom. The highest BCUT2D eigenvalue weighted by Crippen LogP contribution is 2.31. The van der Waals surface area contributed by atoms with Crippen LogP contribution in [0, 0.1) is 11.8 Å². The SMILES string of the molecule is COC1(C)CCCN(CC2CCC(CN)CC2)C1. The number of likely N-dealkylation sites (tertiary alicyclic amines) is 1. The summed E-state index contributed by atoms with van der Waals surface area (Å²) in [4.78, 5) is 2.63. The average Bonchev–Trinajstić information content (AvgIpc) is 2.40. The third-order valence-electron chi connectivity index (χ3n) is 5.05. The van der Waals surface area contributed by atoms with Crippen LogP contribution in [-0.4, -0.2) is 43.8 Å². The molecular formula is C15H30N2O. The molecule has 2 rings (SSSR count). The Labute approximate surface area is 112 Å². The predicted molar refractivity (Wildman–Crippen MR) is 75.6 cm³/mol. The fourth-order valence-corrected chi connectivity index (χ4v) is 3.65. The molecule has 0 aromatic carbocycles. The van der Waals surface area contributed by atoms with Gasteiger partial charge in [-0.1, -0.05) is 0 Å². The van der Waals surface area contributed by atoms with E-state index < -0.39 is 0 Å². The molecule has 0 spiro atoms. The minimum Gasteiger partial charge on any atom is -0.377 e. The van der Waals surface area contributed by atoms with Crippen molar-refractivity contribution in [1.82, 2.24) is 4.90 Å². The van der Waals surface area contributed by atoms with Gasteiger partial charge in [0.2, 0.25) is 0 Å². The summed E-state index contributed by atoms with van der Waals surface area (Å²) < 4.78 is 5.67. The molecule has 18 heavy (non-hydrogen) atoms. The number of hydrogen-bond donors (Lipinski definition) is 1. The van der Waals surface area contributed by atoms with Crippen molar-refractivity contribution in [2.75, 3.05) is 33.3 Å². The van der Waals surface area contributed by atoms with E-state index in [1.54, 1.807) is 0 Å². The van der Waals surface area contributed by atoms with Crippen LogP contribution in [0.15, 0.2) is 0 Å². The molecule has 1 aliphatic heterocycles. The second kappa shape index (κ2) is 6.36. The fraction of sp³-hybridized carbons (Fsp3) is 1.00. The number of methoxy groups -OCH3 is 1. The molecule has 0 amide bonds. The Morgan fingerprint density at radius 3 is 2.50 bits per heavy atom. The zero-order valence-corrected chi connectivity index (χ0v) is 12.2. The smallest absolute Gasteiger partial charge is 0.0777 e. The van der Waals surface area contributed by atoms with Gasteiger partial charge in [-0.3, -0.25) is 0 Å². The molecule has 0 radical (unpaired) electrons. The highest BCUT2D eigenvalue weighted by molar-refractivity contribution is 4.86. The minimum absolute atomic E-state index is 0.0900. The van der Waals surface area contributed by atoms with Crippen molar-refractivity contribution in [2.24, 2.45) is 17.6 Å². The van der Waals surface area contributed by atoms with Crippen LogP contribution in [0.25, 0.3) is 0 Å². The Bertz CT molecular complexity index is 251. The maximum absolute atomic E-state index is 5.76. The van der Waals surface area contributed by atoms with Crippen molar-refractivity contribution < 1.29 is 4.74 Å². The summed E-state index contributed by atoms with van der Waals surface area (Å²) in [5.41, 5.74) is 5.85. The molecule has 1 atom stereocenters. The molecule has 106 valence electrons. The summed E-state index contributed by atoms with van der Waals surface area (Å²) in [7, 11) is 1.86. The van der Waals surface area contributed by atoms with Gasteiger partial charge in [0.25, 0.3) is 0 Å². The maximum Gasteiger partial charge on any atom is 0.0777 e. The third kappa shape index (κ3) is 3.69. The number of piperidine rings is 1. The lowest BCUT2D eigenvalue weighted by molar-refractivity contribution is -0.0549. The van der Waals surface area contributed by atoms with Crippen molar-refractivity contribution >= 4 is 0 Å². The van der Waals surface area contributed by atoms with Crippen LogP contribution in [0.4, 0.5) is 0 Å². The zero-order chi connectivity index (χ0) is 13.0. The summed E-state index contributed by atoms with van der Waals surface area (Å²) in [6, 6.07) is 0. The largest absolute Gasteiger partial charge is 0.377 e. The van der Waals surface area contributed by atoms with E-state index in [0.29, 0.717) is 0 Å². The summed E-state index contributed by atoms with van der Waals surface area (Å²) in [5, 5.41) is 0. The molecule has 2 fully saturated rings. The fourth-order valence-electron chi connectivity index (χ4n) is 3.65. The van der Waals surface area contributed by atoms with E-state index in [4.69, 9.17) is 10.5 Å². The van der Waals surface area contributed by atoms with E-state index in [1.807, 2.05) is 7.11 Å². The van der Waals surface area contributed by atoms with Gasteiger partial charge in [0.15, 0.2) is 0 Å². The second-order valence-electron chi connectivity index (χ2n) is 6.62. The van der Waals surface area contributed by atoms with E-state index in [1.165, 1.54) is 51.6 Å². The van der Waals surface area contributed by atoms with E-state index >= 15 is 0 Å². The lowest BCUT2D eigenvalue weighted by atomic mass is 9.81. The highest BCUT2D eigenvalue weighted by atomic mass is 16.5. The van der Waals surface area contributed by atoms with Crippen molar-refractivity contribution in [3.63, 3.8) is 0 Å². The Balaban J connectivity index is 1.76. The molecule has 3 nitrogen and oxygen atoms in total. The van der Waals surface area contributed by atoms with E-state index in [-0.39, 0.29) is 5.60 Å². The molecular weight excluding hydrogens is 224 g/mol. The lowest BCUT2D eigenvalue weighted by Gasteiger charge is -2.41. The topological polar surface area (TPSA) is 38.5 Å². The van der Waals surface area contributed by atoms with Crippen molar-refractivity contribution in [3.05, 3.63) is 0 Å². The van der Waals surface area contributed by atoms with Crippen molar-refractivity contribution in [3.8, 4) is 0 Å². The molecule has 0 aromatic heterocycles. The van der Waals surface area contributed by atoms with Crippen molar-refractivity contribution in [1.29, 1.82) is 0 Å². The Hall–Kier alpha value is -0.120. The first-order valence-corrected chi connectivity index (χ1v) is 7.63. The van der Waals surface area contributed by atoms with Crippen LogP contribution >= 0.6 is 0 Å². The summed E-state index contributed by atoms with van der Waals surface area (Å²) in [6.45, 7) is 6.79. The summed E-state index contributed by atoms with van der Waals surface area (Å²) in [5.74, 6) is 1.69. The van der Waals surface area contributed by atoms with Crippen LogP contribution in [0.1, 0.15) is 45.4 Å². The molecule has 1 saturated heterocycles. The van der Waals surface area contributed by atoms with Gasteiger partial charge in [-0.15, -0.1) is 0 Å². The molecule has 0 aromatic rings. The molecule has 0 bridgehead atoms. The van der Waals surface area contributed by atoms with Gasteiger partial charge in [-0.05, 0) is 70.4 Å². The molecule has 2 aliphatic rings. The normalized spacial score (nSPS) is 38.8. The summed E-state index contributed by atoms with van der Waals surface area (Å²) in [6.07, 6.45) is 7.93. The number of rotatable bonds is 4. The number of nitrogens with two attached hydrogens (primary N) is 1. The summed E-state index contributed by atoms with van der Waals surface area (Å²) >= 11 is 0. The van der Waals surface area contributed by atoms with Gasteiger partial charge in [0.05, 0.1) is 5.60 Å². The third-order valence-corrected chi connectivity index (χ3v) is 5.05. The van der Waals surface area contributed by atoms with E-state index in [0.717, 1.165) is 24.9 Å². The molecule has 1 saturated carbocycles. The van der Waals surface area contributed by atoms with Crippen LogP contribution in [-0.2, 0) is 4.74 Å². The second-order valence-corrected chi connectivity index (χ2v) is 6.62. The van der Waals surface area contributed by atoms with Gasteiger partial charge in [0.1, 0.15) is 0 Å². The zero-order valence-electron chi connectivity index (χ0n) is 12.2. The quantitative estimate of drug-likeness (QED) is 0.836. The molecule has 1 heterocycles. The van der Waals surface area contributed by atoms with Crippen LogP contribution in [0.2, 0.25) is 0 Å². The van der Waals surface area contributed by atoms with Crippen LogP contribution < -0.4 is 5.73 Å². The molecule has 1 unspecified atom stereocenters. The molecule has 2 N–H and O–H groups in total. The Morgan fingerprint density at radius 2 is 1.89 bits per heavy atom. The van der Waals surface area contributed by atoms with Crippen LogP contribution in [0.3, 0.4) is 0 Å².